The van der Waals surface area contributed by atoms with Crippen molar-refractivity contribution in [1.82, 2.24) is 4.98 Å². The molecule has 1 aromatic rings. The lowest BCUT2D eigenvalue weighted by Gasteiger charge is -2.20. The van der Waals surface area contributed by atoms with Crippen LogP contribution in [0.1, 0.15) is 44.0 Å². The van der Waals surface area contributed by atoms with Crippen molar-refractivity contribution in [3.05, 3.63) is 24.0 Å². The molecule has 0 unspecified atom stereocenters. The molecule has 1 fully saturated rings. The van der Waals surface area contributed by atoms with E-state index in [0.29, 0.717) is 11.3 Å². The van der Waals surface area contributed by atoms with Crippen LogP contribution >= 0.6 is 0 Å². The van der Waals surface area contributed by atoms with Gasteiger partial charge in [0.2, 0.25) is 0 Å². The highest BCUT2D eigenvalue weighted by Gasteiger charge is 2.32. The molecule has 19 heavy (non-hydrogen) atoms. The molecule has 0 spiro atoms. The Morgan fingerprint density at radius 3 is 2.63 bits per heavy atom. The molecule has 0 saturated heterocycles. The van der Waals surface area contributed by atoms with E-state index >= 15 is 0 Å². The average molecular weight is 262 g/mol. The summed E-state index contributed by atoms with van der Waals surface area (Å²) in [6.45, 7) is 5.36. The van der Waals surface area contributed by atoms with Gasteiger partial charge in [-0.2, -0.15) is 0 Å². The molecule has 0 aromatic carbocycles. The molecular formula is C14H18N2O3. The molecule has 0 aliphatic heterocycles. The number of carbonyl (C=O) groups excluding carboxylic acids is 2. The number of anilines is 1. The first-order valence-corrected chi connectivity index (χ1v) is 6.35. The third-order valence-electron chi connectivity index (χ3n) is 2.67. The Hall–Kier alpha value is -1.91. The van der Waals surface area contributed by atoms with Gasteiger partial charge in [0.1, 0.15) is 5.60 Å². The van der Waals surface area contributed by atoms with E-state index in [0.717, 1.165) is 12.8 Å². The van der Waals surface area contributed by atoms with Crippen molar-refractivity contribution < 1.29 is 14.3 Å². The van der Waals surface area contributed by atoms with Crippen LogP contribution in [-0.2, 0) is 4.74 Å². The number of hydrogen-bond acceptors (Lipinski definition) is 4. The summed E-state index contributed by atoms with van der Waals surface area (Å²) in [5.41, 5.74) is 0.342. The number of carbonyl (C=O) groups is 2. The minimum Gasteiger partial charge on any atom is -0.444 e. The van der Waals surface area contributed by atoms with Crippen LogP contribution in [0.15, 0.2) is 18.5 Å². The summed E-state index contributed by atoms with van der Waals surface area (Å²) >= 11 is 0. The highest BCUT2D eigenvalue weighted by Crippen LogP contribution is 2.34. The van der Waals surface area contributed by atoms with Crippen LogP contribution < -0.4 is 5.32 Å². The van der Waals surface area contributed by atoms with Crippen LogP contribution in [0.25, 0.3) is 0 Å². The fourth-order valence-corrected chi connectivity index (χ4v) is 1.68. The van der Waals surface area contributed by atoms with E-state index in [1.165, 1.54) is 12.4 Å². The third kappa shape index (κ3) is 3.77. The van der Waals surface area contributed by atoms with Gasteiger partial charge in [-0.15, -0.1) is 0 Å². The predicted molar refractivity (Wildman–Crippen MR) is 71.1 cm³/mol. The second-order valence-electron chi connectivity index (χ2n) is 5.69. The van der Waals surface area contributed by atoms with Crippen LogP contribution in [0.3, 0.4) is 0 Å². The van der Waals surface area contributed by atoms with Crippen LogP contribution in [-0.4, -0.2) is 22.5 Å². The van der Waals surface area contributed by atoms with Crippen LogP contribution in [0.5, 0.6) is 0 Å². The van der Waals surface area contributed by atoms with Gasteiger partial charge in [-0.1, -0.05) is 0 Å². The Bertz CT molecular complexity index is 502. The number of amides is 1. The molecular weight excluding hydrogens is 244 g/mol. The second-order valence-corrected chi connectivity index (χ2v) is 5.69. The van der Waals surface area contributed by atoms with Gasteiger partial charge in [-0.25, -0.2) is 4.79 Å². The van der Waals surface area contributed by atoms with E-state index in [-0.39, 0.29) is 11.7 Å². The Labute approximate surface area is 112 Å². The topological polar surface area (TPSA) is 68.3 Å². The fraction of sp³-hybridized carbons (Fsp3) is 0.500. The molecule has 1 aliphatic carbocycles. The zero-order valence-corrected chi connectivity index (χ0v) is 11.4. The number of rotatable bonds is 3. The molecule has 102 valence electrons. The molecule has 0 atom stereocenters. The SMILES string of the molecule is CC(C)(C)OC(=O)Nc1ccncc1C(=O)C1CC1. The summed E-state index contributed by atoms with van der Waals surface area (Å²) in [4.78, 5) is 27.7. The van der Waals surface area contributed by atoms with Crippen molar-refractivity contribution in [2.45, 2.75) is 39.2 Å². The summed E-state index contributed by atoms with van der Waals surface area (Å²) in [6.07, 6.45) is 4.30. The minimum absolute atomic E-state index is 0.0409. The Morgan fingerprint density at radius 2 is 2.05 bits per heavy atom. The Balaban J connectivity index is 2.11. The molecule has 5 heteroatoms. The van der Waals surface area contributed by atoms with Gasteiger partial charge in [0, 0.05) is 18.3 Å². The Kier molecular flexibility index (Phi) is 3.55. The van der Waals surface area contributed by atoms with Crippen LogP contribution in [0.2, 0.25) is 0 Å². The van der Waals surface area contributed by atoms with Gasteiger partial charge in [-0.05, 0) is 39.7 Å². The van der Waals surface area contributed by atoms with Crippen molar-refractivity contribution >= 4 is 17.6 Å². The van der Waals surface area contributed by atoms with E-state index in [4.69, 9.17) is 4.74 Å². The molecule has 1 aliphatic rings. The van der Waals surface area contributed by atoms with E-state index in [1.54, 1.807) is 26.8 Å². The number of ether oxygens (including phenoxy) is 1. The smallest absolute Gasteiger partial charge is 0.412 e. The summed E-state index contributed by atoms with van der Waals surface area (Å²) < 4.78 is 5.17. The van der Waals surface area contributed by atoms with Crippen molar-refractivity contribution in [2.75, 3.05) is 5.32 Å². The zero-order chi connectivity index (χ0) is 14.0. The van der Waals surface area contributed by atoms with E-state index in [2.05, 4.69) is 10.3 Å². The quantitative estimate of drug-likeness (QED) is 0.850. The highest BCUT2D eigenvalue weighted by molar-refractivity contribution is 6.05. The average Bonchev–Trinajstić information content (AvgIpc) is 3.10. The highest BCUT2D eigenvalue weighted by atomic mass is 16.6. The van der Waals surface area contributed by atoms with Crippen LogP contribution in [0.4, 0.5) is 10.5 Å². The molecule has 1 heterocycles. The number of pyridine rings is 1. The van der Waals surface area contributed by atoms with E-state index in [9.17, 15) is 9.59 Å². The number of hydrogen-bond donors (Lipinski definition) is 1. The first kappa shape index (κ1) is 13.5. The number of aromatic nitrogens is 1. The number of ketones is 1. The van der Waals surface area contributed by atoms with Gasteiger partial charge in [0.05, 0.1) is 11.3 Å². The largest absolute Gasteiger partial charge is 0.444 e. The molecule has 2 rings (SSSR count). The van der Waals surface area contributed by atoms with Crippen LogP contribution in [0, 0.1) is 5.92 Å². The maximum absolute atomic E-state index is 12.1. The molecule has 0 bridgehead atoms. The summed E-state index contributed by atoms with van der Waals surface area (Å²) in [5, 5.41) is 2.61. The molecule has 5 nitrogen and oxygen atoms in total. The molecule has 0 radical (unpaired) electrons. The van der Waals surface area contributed by atoms with Gasteiger partial charge >= 0.3 is 6.09 Å². The normalized spacial score (nSPS) is 14.9. The summed E-state index contributed by atoms with van der Waals surface area (Å²) in [6, 6.07) is 1.61. The van der Waals surface area contributed by atoms with Crippen molar-refractivity contribution in [3.63, 3.8) is 0 Å². The lowest BCUT2D eigenvalue weighted by Crippen LogP contribution is -2.27. The summed E-state index contributed by atoms with van der Waals surface area (Å²) in [5.74, 6) is 0.127. The van der Waals surface area contributed by atoms with Gasteiger partial charge < -0.3 is 4.74 Å². The minimum atomic E-state index is -0.572. The molecule has 1 amide bonds. The van der Waals surface area contributed by atoms with Gasteiger partial charge in [-0.3, -0.25) is 15.1 Å². The fourth-order valence-electron chi connectivity index (χ4n) is 1.68. The van der Waals surface area contributed by atoms with Crippen molar-refractivity contribution in [2.24, 2.45) is 5.92 Å². The number of nitrogens with one attached hydrogen (secondary N) is 1. The van der Waals surface area contributed by atoms with Crippen molar-refractivity contribution in [1.29, 1.82) is 0 Å². The first-order chi connectivity index (χ1) is 8.87. The molecule has 1 N–H and O–H groups in total. The van der Waals surface area contributed by atoms with Gasteiger partial charge in [0.25, 0.3) is 0 Å². The number of Topliss-reactive ketones (excluding diaryl/α,β-unsaturated/α-hetero) is 1. The second kappa shape index (κ2) is 4.99. The molecule has 1 saturated carbocycles. The van der Waals surface area contributed by atoms with Gasteiger partial charge in [0.15, 0.2) is 5.78 Å². The van der Waals surface area contributed by atoms with E-state index < -0.39 is 11.7 Å². The third-order valence-corrected chi connectivity index (χ3v) is 2.67. The maximum Gasteiger partial charge on any atom is 0.412 e. The lowest BCUT2D eigenvalue weighted by atomic mass is 10.1. The van der Waals surface area contributed by atoms with Crippen molar-refractivity contribution in [3.8, 4) is 0 Å². The summed E-state index contributed by atoms with van der Waals surface area (Å²) in [7, 11) is 0. The zero-order valence-electron chi connectivity index (χ0n) is 11.4. The first-order valence-electron chi connectivity index (χ1n) is 6.35. The number of nitrogens with zero attached hydrogens (tertiary/aromatic N) is 1. The Morgan fingerprint density at radius 1 is 1.37 bits per heavy atom. The molecule has 1 aromatic heterocycles. The lowest BCUT2D eigenvalue weighted by molar-refractivity contribution is 0.0636. The standard InChI is InChI=1S/C14H18N2O3/c1-14(2,3)19-13(18)16-11-6-7-15-8-10(11)12(17)9-4-5-9/h6-9H,4-5H2,1-3H3,(H,15,16,18). The maximum atomic E-state index is 12.1. The predicted octanol–water partition coefficient (Wildman–Crippen LogP) is 3.02. The monoisotopic (exact) mass is 262 g/mol. The van der Waals surface area contributed by atoms with E-state index in [1.807, 2.05) is 0 Å².